The van der Waals surface area contributed by atoms with Gasteiger partial charge in [-0.15, -0.1) is 0 Å². The quantitative estimate of drug-likeness (QED) is 0.688. The lowest BCUT2D eigenvalue weighted by atomic mass is 9.93. The Labute approximate surface area is 182 Å². The zero-order valence-corrected chi connectivity index (χ0v) is 18.9. The first-order chi connectivity index (χ1) is 14.5. The molecule has 0 aromatic heterocycles. The number of carbonyl (C=O) groups is 3. The van der Waals surface area contributed by atoms with Gasteiger partial charge < -0.3 is 15.5 Å². The second-order valence-corrected chi connectivity index (χ2v) is 8.93. The highest BCUT2D eigenvalue weighted by Crippen LogP contribution is 2.21. The van der Waals surface area contributed by atoms with Crippen LogP contribution in [0, 0.1) is 29.4 Å². The predicted molar refractivity (Wildman–Crippen MR) is 114 cm³/mol. The average Bonchev–Trinajstić information content (AvgIpc) is 2.71. The maximum atomic E-state index is 13.9. The molecule has 31 heavy (non-hydrogen) atoms. The minimum Gasteiger partial charge on any atom is -0.353 e. The van der Waals surface area contributed by atoms with E-state index in [9.17, 15) is 23.2 Å². The van der Waals surface area contributed by atoms with E-state index < -0.39 is 29.1 Å². The van der Waals surface area contributed by atoms with Crippen LogP contribution in [0.4, 0.5) is 8.78 Å². The van der Waals surface area contributed by atoms with Crippen molar-refractivity contribution in [2.45, 2.75) is 59.5 Å². The number of piperidine rings is 1. The topological polar surface area (TPSA) is 78.5 Å². The Kier molecular flexibility index (Phi) is 8.53. The molecule has 1 aromatic carbocycles. The first kappa shape index (κ1) is 24.8. The zero-order chi connectivity index (χ0) is 23.3. The molecular formula is C23H33F2N3O3. The smallest absolute Gasteiger partial charge is 0.257 e. The Morgan fingerprint density at radius 3 is 1.97 bits per heavy atom. The molecule has 1 fully saturated rings. The molecule has 3 amide bonds. The van der Waals surface area contributed by atoms with Gasteiger partial charge in [0, 0.05) is 25.0 Å². The second-order valence-electron chi connectivity index (χ2n) is 8.93. The summed E-state index contributed by atoms with van der Waals surface area (Å²) >= 11 is 0. The molecule has 2 N–H and O–H groups in total. The molecule has 1 unspecified atom stereocenters. The molecule has 0 bridgehead atoms. The Morgan fingerprint density at radius 1 is 0.935 bits per heavy atom. The molecule has 1 saturated heterocycles. The van der Waals surface area contributed by atoms with Crippen LogP contribution in [0.5, 0.6) is 0 Å². The van der Waals surface area contributed by atoms with Crippen molar-refractivity contribution < 1.29 is 23.2 Å². The Balaban J connectivity index is 2.00. The van der Waals surface area contributed by atoms with Gasteiger partial charge in [0.25, 0.3) is 5.91 Å². The van der Waals surface area contributed by atoms with E-state index in [1.807, 2.05) is 20.8 Å². The lowest BCUT2D eigenvalue weighted by Gasteiger charge is -2.35. The normalized spacial score (nSPS) is 16.9. The fourth-order valence-corrected chi connectivity index (χ4v) is 3.51. The van der Waals surface area contributed by atoms with Crippen molar-refractivity contribution in [3.8, 4) is 0 Å². The lowest BCUT2D eigenvalue weighted by Crippen LogP contribution is -2.54. The standard InChI is InChI=1S/C23H33F2N3O3/c1-13(2)15(5)26-21(29)16-9-11-28(12-10-16)23(31)20(14(3)4)27-22(30)19-17(24)7-6-8-18(19)25/h6-8,13-16,20H,9-12H2,1-5H3,(H,26,29)(H,27,30)/t15?,20-/m0/s1. The molecule has 1 heterocycles. The third kappa shape index (κ3) is 6.24. The average molecular weight is 438 g/mol. The third-order valence-corrected chi connectivity index (χ3v) is 5.96. The van der Waals surface area contributed by atoms with Crippen LogP contribution in [0.3, 0.4) is 0 Å². The Bertz CT molecular complexity index is 785. The van der Waals surface area contributed by atoms with Crippen LogP contribution >= 0.6 is 0 Å². The number of nitrogens with zero attached hydrogens (tertiary/aromatic N) is 1. The van der Waals surface area contributed by atoms with Gasteiger partial charge in [-0.2, -0.15) is 0 Å². The summed E-state index contributed by atoms with van der Waals surface area (Å²) in [6, 6.07) is 2.33. The summed E-state index contributed by atoms with van der Waals surface area (Å²) in [5.41, 5.74) is -0.699. The molecule has 2 atom stereocenters. The number of carbonyl (C=O) groups excluding carboxylic acids is 3. The molecule has 8 heteroatoms. The zero-order valence-electron chi connectivity index (χ0n) is 18.9. The Hall–Kier alpha value is -2.51. The summed E-state index contributed by atoms with van der Waals surface area (Å²) in [5, 5.41) is 5.51. The van der Waals surface area contributed by atoms with E-state index in [4.69, 9.17) is 0 Å². The minimum absolute atomic E-state index is 0.00274. The molecule has 1 aliphatic rings. The van der Waals surface area contributed by atoms with E-state index in [-0.39, 0.29) is 29.7 Å². The van der Waals surface area contributed by atoms with Gasteiger partial charge in [0.1, 0.15) is 23.2 Å². The van der Waals surface area contributed by atoms with Crippen molar-refractivity contribution in [1.29, 1.82) is 0 Å². The van der Waals surface area contributed by atoms with Crippen LogP contribution in [0.2, 0.25) is 0 Å². The van der Waals surface area contributed by atoms with Crippen LogP contribution in [-0.2, 0) is 9.59 Å². The van der Waals surface area contributed by atoms with Crippen LogP contribution in [0.15, 0.2) is 18.2 Å². The van der Waals surface area contributed by atoms with Crippen molar-refractivity contribution in [3.63, 3.8) is 0 Å². The first-order valence-corrected chi connectivity index (χ1v) is 10.9. The number of amides is 3. The molecule has 0 aliphatic carbocycles. The molecule has 1 aromatic rings. The van der Waals surface area contributed by atoms with E-state index in [1.54, 1.807) is 18.7 Å². The summed E-state index contributed by atoms with van der Waals surface area (Å²) in [4.78, 5) is 39.6. The first-order valence-electron chi connectivity index (χ1n) is 10.9. The van der Waals surface area contributed by atoms with Crippen molar-refractivity contribution in [2.75, 3.05) is 13.1 Å². The summed E-state index contributed by atoms with van der Waals surface area (Å²) in [5.74, 6) is -3.33. The van der Waals surface area contributed by atoms with Gasteiger partial charge in [0.15, 0.2) is 0 Å². The summed E-state index contributed by atoms with van der Waals surface area (Å²) in [6.45, 7) is 10.3. The number of hydrogen-bond donors (Lipinski definition) is 2. The highest BCUT2D eigenvalue weighted by molar-refractivity contribution is 5.98. The fraction of sp³-hybridized carbons (Fsp3) is 0.609. The van der Waals surface area contributed by atoms with Gasteiger partial charge in [0.2, 0.25) is 11.8 Å². The monoisotopic (exact) mass is 437 g/mol. The van der Waals surface area contributed by atoms with Gasteiger partial charge in [-0.25, -0.2) is 8.78 Å². The van der Waals surface area contributed by atoms with Gasteiger partial charge in [0.05, 0.1) is 0 Å². The summed E-state index contributed by atoms with van der Waals surface area (Å²) in [7, 11) is 0. The molecule has 172 valence electrons. The SMILES string of the molecule is CC(C)C(C)NC(=O)C1CCN(C(=O)[C@@H](NC(=O)c2c(F)cccc2F)C(C)C)CC1. The molecule has 2 rings (SSSR count). The highest BCUT2D eigenvalue weighted by atomic mass is 19.1. The maximum Gasteiger partial charge on any atom is 0.257 e. The largest absolute Gasteiger partial charge is 0.353 e. The number of nitrogens with one attached hydrogen (secondary N) is 2. The van der Waals surface area contributed by atoms with E-state index >= 15 is 0 Å². The number of likely N-dealkylation sites (tertiary alicyclic amines) is 1. The molecule has 0 saturated carbocycles. The molecule has 1 aliphatic heterocycles. The maximum absolute atomic E-state index is 13.9. The van der Waals surface area contributed by atoms with Crippen molar-refractivity contribution in [1.82, 2.24) is 15.5 Å². The molecular weight excluding hydrogens is 404 g/mol. The van der Waals surface area contributed by atoms with Gasteiger partial charge in [-0.1, -0.05) is 33.8 Å². The van der Waals surface area contributed by atoms with Crippen molar-refractivity contribution in [3.05, 3.63) is 35.4 Å². The van der Waals surface area contributed by atoms with Crippen LogP contribution in [0.1, 0.15) is 57.8 Å². The second kappa shape index (κ2) is 10.7. The summed E-state index contributed by atoms with van der Waals surface area (Å²) in [6.07, 6.45) is 1.06. The minimum atomic E-state index is -0.977. The number of hydrogen-bond acceptors (Lipinski definition) is 3. The molecule has 0 radical (unpaired) electrons. The predicted octanol–water partition coefficient (Wildman–Crippen LogP) is 3.12. The van der Waals surface area contributed by atoms with Crippen molar-refractivity contribution in [2.24, 2.45) is 17.8 Å². The van der Waals surface area contributed by atoms with E-state index in [0.29, 0.717) is 31.8 Å². The Morgan fingerprint density at radius 2 is 1.48 bits per heavy atom. The van der Waals surface area contributed by atoms with Gasteiger partial charge in [-0.05, 0) is 43.7 Å². The number of rotatable bonds is 7. The third-order valence-electron chi connectivity index (χ3n) is 5.96. The van der Waals surface area contributed by atoms with Crippen molar-refractivity contribution >= 4 is 17.7 Å². The number of halogens is 2. The molecule has 0 spiro atoms. The summed E-state index contributed by atoms with van der Waals surface area (Å²) < 4.78 is 27.9. The fourth-order valence-electron chi connectivity index (χ4n) is 3.51. The number of benzene rings is 1. The van der Waals surface area contributed by atoms with Crippen LogP contribution < -0.4 is 10.6 Å². The molecule has 6 nitrogen and oxygen atoms in total. The van der Waals surface area contributed by atoms with E-state index in [1.165, 1.54) is 6.07 Å². The van der Waals surface area contributed by atoms with E-state index in [0.717, 1.165) is 12.1 Å². The van der Waals surface area contributed by atoms with Gasteiger partial charge >= 0.3 is 0 Å². The van der Waals surface area contributed by atoms with Crippen LogP contribution in [-0.4, -0.2) is 47.8 Å². The highest BCUT2D eigenvalue weighted by Gasteiger charge is 2.34. The van der Waals surface area contributed by atoms with E-state index in [2.05, 4.69) is 10.6 Å². The van der Waals surface area contributed by atoms with Crippen LogP contribution in [0.25, 0.3) is 0 Å². The lowest BCUT2D eigenvalue weighted by molar-refractivity contribution is -0.138. The van der Waals surface area contributed by atoms with Gasteiger partial charge in [-0.3, -0.25) is 14.4 Å².